The molecule has 0 radical (unpaired) electrons. The van der Waals surface area contributed by atoms with E-state index >= 15 is 0 Å². The summed E-state index contributed by atoms with van der Waals surface area (Å²) >= 11 is 6.20. The first-order chi connectivity index (χ1) is 8.06. The number of benzene rings is 1. The molecule has 0 saturated heterocycles. The van der Waals surface area contributed by atoms with Gasteiger partial charge in [0.25, 0.3) is 0 Å². The van der Waals surface area contributed by atoms with E-state index in [1.54, 1.807) is 0 Å². The lowest BCUT2D eigenvalue weighted by Crippen LogP contribution is -2.03. The summed E-state index contributed by atoms with van der Waals surface area (Å²) in [6.07, 6.45) is 1.46. The fourth-order valence-electron chi connectivity index (χ4n) is 1.73. The van der Waals surface area contributed by atoms with E-state index in [2.05, 4.69) is 9.72 Å². The molecule has 1 aromatic heterocycles. The van der Waals surface area contributed by atoms with Crippen LogP contribution in [0.15, 0.2) is 18.3 Å². The van der Waals surface area contributed by atoms with Gasteiger partial charge in [-0.25, -0.2) is 4.79 Å². The number of hydrogen-bond acceptors (Lipinski definition) is 3. The van der Waals surface area contributed by atoms with Gasteiger partial charge in [-0.2, -0.15) is 0 Å². The number of aryl methyl sites for hydroxylation is 2. The van der Waals surface area contributed by atoms with Gasteiger partial charge in [-0.05, 0) is 25.0 Å². The molecule has 0 aliphatic rings. The Bertz CT molecular complexity index is 608. The van der Waals surface area contributed by atoms with Crippen LogP contribution in [0.4, 0.5) is 0 Å². The maximum Gasteiger partial charge on any atom is 0.340 e. The quantitative estimate of drug-likeness (QED) is 0.728. The SMILES string of the molecule is COC(=O)c1cnc2c(C)c(C)ccc2c1Cl. The number of esters is 1. The molecule has 0 spiro atoms. The number of carbonyl (C=O) groups is 1. The summed E-state index contributed by atoms with van der Waals surface area (Å²) in [5, 5.41) is 1.17. The number of rotatable bonds is 1. The molecule has 2 aromatic rings. The van der Waals surface area contributed by atoms with Gasteiger partial charge in [0, 0.05) is 11.6 Å². The molecule has 88 valence electrons. The first-order valence-electron chi connectivity index (χ1n) is 5.19. The third-order valence-electron chi connectivity index (χ3n) is 2.90. The Morgan fingerprint density at radius 1 is 1.35 bits per heavy atom. The summed E-state index contributed by atoms with van der Waals surface area (Å²) in [7, 11) is 1.32. The van der Waals surface area contributed by atoms with Gasteiger partial charge in [0.2, 0.25) is 0 Å². The summed E-state index contributed by atoms with van der Waals surface area (Å²) in [5.41, 5.74) is 3.33. The molecule has 0 aliphatic carbocycles. The van der Waals surface area contributed by atoms with Crippen LogP contribution in [-0.2, 0) is 4.74 Å². The molecule has 0 saturated carbocycles. The predicted octanol–water partition coefficient (Wildman–Crippen LogP) is 3.29. The zero-order valence-electron chi connectivity index (χ0n) is 9.87. The monoisotopic (exact) mass is 249 g/mol. The second-order valence-electron chi connectivity index (χ2n) is 3.88. The van der Waals surface area contributed by atoms with Crippen molar-refractivity contribution >= 4 is 28.5 Å². The van der Waals surface area contributed by atoms with Crippen molar-refractivity contribution in [1.82, 2.24) is 4.98 Å². The molecular weight excluding hydrogens is 238 g/mol. The van der Waals surface area contributed by atoms with E-state index in [0.29, 0.717) is 10.6 Å². The Morgan fingerprint density at radius 3 is 2.71 bits per heavy atom. The Morgan fingerprint density at radius 2 is 2.06 bits per heavy atom. The van der Waals surface area contributed by atoms with E-state index in [1.807, 2.05) is 26.0 Å². The van der Waals surface area contributed by atoms with Crippen LogP contribution in [0, 0.1) is 13.8 Å². The zero-order valence-corrected chi connectivity index (χ0v) is 10.6. The van der Waals surface area contributed by atoms with Crippen LogP contribution < -0.4 is 0 Å². The minimum atomic E-state index is -0.470. The Labute approximate surface area is 104 Å². The van der Waals surface area contributed by atoms with E-state index < -0.39 is 5.97 Å². The molecule has 1 heterocycles. The summed E-state index contributed by atoms with van der Waals surface area (Å²) < 4.78 is 4.66. The number of nitrogens with zero attached hydrogens (tertiary/aromatic N) is 1. The summed E-state index contributed by atoms with van der Waals surface area (Å²) in [6, 6.07) is 3.84. The highest BCUT2D eigenvalue weighted by molar-refractivity contribution is 6.38. The van der Waals surface area contributed by atoms with Crippen molar-refractivity contribution in [2.24, 2.45) is 0 Å². The van der Waals surface area contributed by atoms with E-state index in [4.69, 9.17) is 11.6 Å². The Hall–Kier alpha value is -1.61. The molecule has 17 heavy (non-hydrogen) atoms. The number of carbonyl (C=O) groups excluding carboxylic acids is 1. The van der Waals surface area contributed by atoms with Crippen LogP contribution in [0.1, 0.15) is 21.5 Å². The first-order valence-corrected chi connectivity index (χ1v) is 5.56. The van der Waals surface area contributed by atoms with Crippen molar-refractivity contribution in [3.05, 3.63) is 40.0 Å². The fraction of sp³-hybridized carbons (Fsp3) is 0.231. The smallest absolute Gasteiger partial charge is 0.340 e. The molecule has 3 nitrogen and oxygen atoms in total. The van der Waals surface area contributed by atoms with E-state index in [0.717, 1.165) is 22.0 Å². The van der Waals surface area contributed by atoms with E-state index in [1.165, 1.54) is 13.3 Å². The normalized spacial score (nSPS) is 10.6. The van der Waals surface area contributed by atoms with Gasteiger partial charge in [-0.15, -0.1) is 0 Å². The van der Waals surface area contributed by atoms with Crippen molar-refractivity contribution in [1.29, 1.82) is 0 Å². The van der Waals surface area contributed by atoms with Gasteiger partial charge < -0.3 is 4.74 Å². The van der Waals surface area contributed by atoms with E-state index in [-0.39, 0.29) is 0 Å². The molecule has 2 rings (SSSR count). The third-order valence-corrected chi connectivity index (χ3v) is 3.31. The molecule has 0 N–H and O–H groups in total. The first kappa shape index (κ1) is 11.9. The van der Waals surface area contributed by atoms with Crippen molar-refractivity contribution in [2.75, 3.05) is 7.11 Å². The number of ether oxygens (including phenoxy) is 1. The summed E-state index contributed by atoms with van der Waals surface area (Å²) in [6.45, 7) is 4.00. The van der Waals surface area contributed by atoms with Crippen LogP contribution in [-0.4, -0.2) is 18.1 Å². The molecule has 0 bridgehead atoms. The van der Waals surface area contributed by atoms with Crippen molar-refractivity contribution < 1.29 is 9.53 Å². The summed E-state index contributed by atoms with van der Waals surface area (Å²) in [4.78, 5) is 15.8. The van der Waals surface area contributed by atoms with Gasteiger partial charge in [-0.1, -0.05) is 23.7 Å². The standard InChI is InChI=1S/C13H12ClNO2/c1-7-4-5-9-11(14)10(13(16)17-3)6-15-12(9)8(7)2/h4-6H,1-3H3. The number of hydrogen-bond donors (Lipinski definition) is 0. The van der Waals surface area contributed by atoms with Crippen LogP contribution in [0.5, 0.6) is 0 Å². The maximum atomic E-state index is 11.5. The average molecular weight is 250 g/mol. The molecule has 4 heteroatoms. The number of methoxy groups -OCH3 is 1. The highest BCUT2D eigenvalue weighted by Crippen LogP contribution is 2.29. The molecular formula is C13H12ClNO2. The largest absolute Gasteiger partial charge is 0.465 e. The fourth-order valence-corrected chi connectivity index (χ4v) is 2.01. The van der Waals surface area contributed by atoms with Crippen LogP contribution in [0.25, 0.3) is 10.9 Å². The third kappa shape index (κ3) is 1.87. The lowest BCUT2D eigenvalue weighted by atomic mass is 10.0. The lowest BCUT2D eigenvalue weighted by Gasteiger charge is -2.08. The number of aromatic nitrogens is 1. The second-order valence-corrected chi connectivity index (χ2v) is 4.26. The van der Waals surface area contributed by atoms with E-state index in [9.17, 15) is 4.79 Å². The molecule has 0 atom stereocenters. The molecule has 0 unspecified atom stereocenters. The summed E-state index contributed by atoms with van der Waals surface area (Å²) in [5.74, 6) is -0.470. The zero-order chi connectivity index (χ0) is 12.6. The highest BCUT2D eigenvalue weighted by atomic mass is 35.5. The number of fused-ring (bicyclic) bond motifs is 1. The number of halogens is 1. The van der Waals surface area contributed by atoms with Crippen molar-refractivity contribution in [3.63, 3.8) is 0 Å². The number of pyridine rings is 1. The minimum Gasteiger partial charge on any atom is -0.465 e. The Balaban J connectivity index is 2.77. The molecule has 0 amide bonds. The molecule has 0 aliphatic heterocycles. The van der Waals surface area contributed by atoms with Crippen molar-refractivity contribution in [2.45, 2.75) is 13.8 Å². The highest BCUT2D eigenvalue weighted by Gasteiger charge is 2.15. The van der Waals surface area contributed by atoms with Crippen molar-refractivity contribution in [3.8, 4) is 0 Å². The predicted molar refractivity (Wildman–Crippen MR) is 67.6 cm³/mol. The minimum absolute atomic E-state index is 0.296. The van der Waals surface area contributed by atoms with Gasteiger partial charge >= 0.3 is 5.97 Å². The maximum absolute atomic E-state index is 11.5. The van der Waals surface area contributed by atoms with Crippen LogP contribution in [0.2, 0.25) is 5.02 Å². The molecule has 1 aromatic carbocycles. The average Bonchev–Trinajstić information content (AvgIpc) is 2.33. The Kier molecular flexibility index (Phi) is 3.03. The van der Waals surface area contributed by atoms with Crippen LogP contribution >= 0.6 is 11.6 Å². The van der Waals surface area contributed by atoms with Gasteiger partial charge in [0.05, 0.1) is 23.2 Å². The second kappa shape index (κ2) is 4.34. The van der Waals surface area contributed by atoms with Gasteiger partial charge in [0.1, 0.15) is 0 Å². The van der Waals surface area contributed by atoms with Gasteiger partial charge in [-0.3, -0.25) is 4.98 Å². The topological polar surface area (TPSA) is 39.2 Å². The van der Waals surface area contributed by atoms with Gasteiger partial charge in [0.15, 0.2) is 0 Å². The lowest BCUT2D eigenvalue weighted by molar-refractivity contribution is 0.0600. The van der Waals surface area contributed by atoms with Crippen LogP contribution in [0.3, 0.4) is 0 Å². The molecule has 0 fully saturated rings.